The van der Waals surface area contributed by atoms with Gasteiger partial charge in [0.15, 0.2) is 0 Å². The molecule has 28 heavy (non-hydrogen) atoms. The summed E-state index contributed by atoms with van der Waals surface area (Å²) in [6.07, 6.45) is 8.40. The lowest BCUT2D eigenvalue weighted by molar-refractivity contribution is -0.122. The van der Waals surface area contributed by atoms with E-state index in [1.54, 1.807) is 6.20 Å². The van der Waals surface area contributed by atoms with Gasteiger partial charge in [0.2, 0.25) is 11.8 Å². The van der Waals surface area contributed by atoms with Crippen LogP contribution in [0.25, 0.3) is 0 Å². The van der Waals surface area contributed by atoms with Crippen molar-refractivity contribution in [1.82, 2.24) is 15.6 Å². The molecule has 2 N–H and O–H groups in total. The fourth-order valence-electron chi connectivity index (χ4n) is 3.68. The molecule has 6 heteroatoms. The number of hydrogen-bond donors (Lipinski definition) is 2. The van der Waals surface area contributed by atoms with Crippen molar-refractivity contribution in [3.05, 3.63) is 64.9 Å². The van der Waals surface area contributed by atoms with Crippen LogP contribution in [0.3, 0.4) is 0 Å². The molecule has 0 aliphatic carbocycles. The zero-order valence-electron chi connectivity index (χ0n) is 15.9. The summed E-state index contributed by atoms with van der Waals surface area (Å²) in [6.45, 7) is 0.643. The molecule has 148 valence electrons. The number of aromatic nitrogens is 1. The van der Waals surface area contributed by atoms with E-state index in [1.165, 1.54) is 5.56 Å². The van der Waals surface area contributed by atoms with E-state index in [2.05, 4.69) is 15.6 Å². The highest BCUT2D eigenvalue weighted by molar-refractivity contribution is 6.30. The molecule has 2 heterocycles. The van der Waals surface area contributed by atoms with Crippen molar-refractivity contribution in [2.45, 2.75) is 50.5 Å². The van der Waals surface area contributed by atoms with Crippen LogP contribution in [0.5, 0.6) is 0 Å². The molecule has 2 amide bonds. The molecule has 0 saturated carbocycles. The number of benzene rings is 1. The lowest BCUT2D eigenvalue weighted by Gasteiger charge is -2.29. The van der Waals surface area contributed by atoms with E-state index >= 15 is 0 Å². The summed E-state index contributed by atoms with van der Waals surface area (Å²) >= 11 is 5.96. The first-order valence-corrected chi connectivity index (χ1v) is 10.1. The smallest absolute Gasteiger partial charge is 0.220 e. The van der Waals surface area contributed by atoms with Crippen LogP contribution in [-0.4, -0.2) is 28.9 Å². The Morgan fingerprint density at radius 3 is 2.71 bits per heavy atom. The first kappa shape index (κ1) is 20.3. The number of halogens is 1. The van der Waals surface area contributed by atoms with Gasteiger partial charge in [-0.3, -0.25) is 14.6 Å². The van der Waals surface area contributed by atoms with Gasteiger partial charge in [-0.05, 0) is 61.4 Å². The summed E-state index contributed by atoms with van der Waals surface area (Å²) in [5.41, 5.74) is 1.94. The summed E-state index contributed by atoms with van der Waals surface area (Å²) in [6, 6.07) is 11.6. The van der Waals surface area contributed by atoms with E-state index in [-0.39, 0.29) is 17.4 Å². The highest BCUT2D eigenvalue weighted by Crippen LogP contribution is 2.30. The van der Waals surface area contributed by atoms with Gasteiger partial charge in [-0.1, -0.05) is 29.8 Å². The summed E-state index contributed by atoms with van der Waals surface area (Å²) in [5.74, 6) is 0.0914. The van der Waals surface area contributed by atoms with Crippen LogP contribution >= 0.6 is 11.6 Å². The van der Waals surface area contributed by atoms with Crippen LogP contribution in [0.2, 0.25) is 5.02 Å². The van der Waals surface area contributed by atoms with Crippen LogP contribution in [0, 0.1) is 0 Å². The zero-order chi connectivity index (χ0) is 19.8. The van der Waals surface area contributed by atoms with Gasteiger partial charge >= 0.3 is 0 Å². The van der Waals surface area contributed by atoms with Gasteiger partial charge in [0.05, 0.1) is 0 Å². The minimum atomic E-state index is -0.349. The maximum atomic E-state index is 12.3. The molecule has 3 rings (SSSR count). The molecule has 1 fully saturated rings. The Labute approximate surface area is 170 Å². The summed E-state index contributed by atoms with van der Waals surface area (Å²) in [7, 11) is 0. The average Bonchev–Trinajstić information content (AvgIpc) is 3.07. The Morgan fingerprint density at radius 1 is 1.21 bits per heavy atom. The molecular formula is C22H26ClN3O2. The van der Waals surface area contributed by atoms with Gasteiger partial charge < -0.3 is 10.6 Å². The fourth-order valence-corrected chi connectivity index (χ4v) is 3.81. The molecule has 1 aromatic heterocycles. The second-order valence-corrected chi connectivity index (χ2v) is 7.88. The number of aryl methyl sites for hydroxylation is 1. The summed E-state index contributed by atoms with van der Waals surface area (Å²) < 4.78 is 0. The third-order valence-corrected chi connectivity index (χ3v) is 5.46. The molecule has 0 bridgehead atoms. The van der Waals surface area contributed by atoms with Crippen molar-refractivity contribution in [2.24, 2.45) is 0 Å². The van der Waals surface area contributed by atoms with Crippen LogP contribution in [-0.2, 0) is 22.4 Å². The molecule has 1 unspecified atom stereocenters. The second-order valence-electron chi connectivity index (χ2n) is 7.45. The van der Waals surface area contributed by atoms with Crippen LogP contribution in [0.1, 0.15) is 43.2 Å². The number of rotatable bonds is 9. The lowest BCUT2D eigenvalue weighted by atomic mass is 9.85. The Kier molecular flexibility index (Phi) is 7.04. The predicted molar refractivity (Wildman–Crippen MR) is 110 cm³/mol. The highest BCUT2D eigenvalue weighted by atomic mass is 35.5. The molecule has 0 radical (unpaired) electrons. The molecule has 1 aliphatic heterocycles. The monoisotopic (exact) mass is 399 g/mol. The van der Waals surface area contributed by atoms with Crippen molar-refractivity contribution < 1.29 is 9.59 Å². The van der Waals surface area contributed by atoms with Gasteiger partial charge in [-0.25, -0.2) is 0 Å². The SMILES string of the molecule is O=C(CCC1(Cc2ccc(Cl)cc2)CCC(=O)N1)NCCCc1cccnc1. The largest absolute Gasteiger partial charge is 0.356 e. The third kappa shape index (κ3) is 6.06. The molecular weight excluding hydrogens is 374 g/mol. The topological polar surface area (TPSA) is 71.1 Å². The number of nitrogens with zero attached hydrogens (tertiary/aromatic N) is 1. The number of carbonyl (C=O) groups excluding carboxylic acids is 2. The Balaban J connectivity index is 1.46. The van der Waals surface area contributed by atoms with Crippen LogP contribution in [0.4, 0.5) is 0 Å². The lowest BCUT2D eigenvalue weighted by Crippen LogP contribution is -2.44. The van der Waals surface area contributed by atoms with Gasteiger partial charge in [-0.15, -0.1) is 0 Å². The molecule has 1 saturated heterocycles. The normalized spacial score (nSPS) is 18.7. The summed E-state index contributed by atoms with van der Waals surface area (Å²) in [4.78, 5) is 28.2. The van der Waals surface area contributed by atoms with E-state index in [1.807, 2.05) is 42.6 Å². The van der Waals surface area contributed by atoms with Crippen molar-refractivity contribution in [3.8, 4) is 0 Å². The first-order valence-electron chi connectivity index (χ1n) is 9.76. The van der Waals surface area contributed by atoms with Crippen molar-refractivity contribution in [3.63, 3.8) is 0 Å². The number of nitrogens with one attached hydrogen (secondary N) is 2. The second kappa shape index (κ2) is 9.69. The molecule has 1 aliphatic rings. The minimum absolute atomic E-state index is 0.0304. The van der Waals surface area contributed by atoms with Gasteiger partial charge in [0, 0.05) is 42.3 Å². The first-order chi connectivity index (χ1) is 13.5. The van der Waals surface area contributed by atoms with E-state index in [0.29, 0.717) is 37.3 Å². The molecule has 2 aromatic rings. The van der Waals surface area contributed by atoms with E-state index in [9.17, 15) is 9.59 Å². The fraction of sp³-hybridized carbons (Fsp3) is 0.409. The molecule has 0 spiro atoms. The average molecular weight is 400 g/mol. The molecule has 1 aromatic carbocycles. The van der Waals surface area contributed by atoms with Gasteiger partial charge in [0.25, 0.3) is 0 Å². The number of carbonyl (C=O) groups is 2. The Bertz CT molecular complexity index is 795. The van der Waals surface area contributed by atoms with Gasteiger partial charge in [-0.2, -0.15) is 0 Å². The highest BCUT2D eigenvalue weighted by Gasteiger charge is 2.37. The molecule has 1 atom stereocenters. The van der Waals surface area contributed by atoms with E-state index < -0.39 is 0 Å². The van der Waals surface area contributed by atoms with Crippen molar-refractivity contribution >= 4 is 23.4 Å². The van der Waals surface area contributed by atoms with E-state index in [4.69, 9.17) is 11.6 Å². The number of amides is 2. The van der Waals surface area contributed by atoms with Crippen LogP contribution in [0.15, 0.2) is 48.8 Å². The Morgan fingerprint density at radius 2 is 2.04 bits per heavy atom. The number of hydrogen-bond acceptors (Lipinski definition) is 3. The third-order valence-electron chi connectivity index (χ3n) is 5.21. The molecule has 5 nitrogen and oxygen atoms in total. The minimum Gasteiger partial charge on any atom is -0.356 e. The number of pyridine rings is 1. The maximum absolute atomic E-state index is 12.3. The standard InChI is InChI=1S/C22H26ClN3O2/c23-19-7-5-17(6-8-19)15-22(12-10-21(28)26-22)11-9-20(27)25-14-2-4-18-3-1-13-24-16-18/h1,3,5-8,13,16H,2,4,9-12,14-15H2,(H,25,27)(H,26,28). The zero-order valence-corrected chi connectivity index (χ0v) is 16.7. The van der Waals surface area contributed by atoms with Crippen molar-refractivity contribution in [2.75, 3.05) is 6.54 Å². The van der Waals surface area contributed by atoms with Gasteiger partial charge in [0.1, 0.15) is 0 Å². The quantitative estimate of drug-likeness (QED) is 0.634. The Hall–Kier alpha value is -2.40. The van der Waals surface area contributed by atoms with Crippen molar-refractivity contribution in [1.29, 1.82) is 0 Å². The summed E-state index contributed by atoms with van der Waals surface area (Å²) in [5, 5.41) is 6.80. The van der Waals surface area contributed by atoms with Crippen LogP contribution < -0.4 is 10.6 Å². The van der Waals surface area contributed by atoms with E-state index in [0.717, 1.165) is 24.8 Å². The maximum Gasteiger partial charge on any atom is 0.220 e. The predicted octanol–water partition coefficient (Wildman–Crippen LogP) is 3.46.